The number of carbonyl (C=O) groups is 3. The van der Waals surface area contributed by atoms with E-state index in [9.17, 15) is 14.4 Å². The second-order valence-electron chi connectivity index (χ2n) is 9.22. The van der Waals surface area contributed by atoms with Crippen molar-refractivity contribution in [3.05, 3.63) is 66.5 Å². The van der Waals surface area contributed by atoms with Crippen LogP contribution in [-0.2, 0) is 14.4 Å². The molecule has 3 aromatic rings. The van der Waals surface area contributed by atoms with Crippen molar-refractivity contribution in [2.24, 2.45) is 0 Å². The van der Waals surface area contributed by atoms with Crippen molar-refractivity contribution in [1.82, 2.24) is 25.1 Å². The van der Waals surface area contributed by atoms with Crippen molar-refractivity contribution >= 4 is 34.4 Å². The molecule has 0 radical (unpaired) electrons. The first-order valence-electron chi connectivity index (χ1n) is 12.1. The molecule has 3 atom stereocenters. The molecule has 188 valence electrons. The number of carbonyl (C=O) groups excluding carboxylic acids is 3. The average Bonchev–Trinajstić information content (AvgIpc) is 3.24. The Morgan fingerprint density at radius 3 is 2.47 bits per heavy atom. The first-order chi connectivity index (χ1) is 17.4. The van der Waals surface area contributed by atoms with Gasteiger partial charge in [-0.15, -0.1) is 0 Å². The van der Waals surface area contributed by atoms with Crippen LogP contribution in [0.3, 0.4) is 0 Å². The molecule has 0 saturated carbocycles. The maximum atomic E-state index is 13.6. The first kappa shape index (κ1) is 25.1. The van der Waals surface area contributed by atoms with E-state index in [0.29, 0.717) is 19.4 Å². The molecule has 1 saturated heterocycles. The monoisotopic (exact) mass is 488 g/mol. The van der Waals surface area contributed by atoms with Crippen molar-refractivity contribution in [3.63, 3.8) is 0 Å². The molecule has 9 nitrogen and oxygen atoms in total. The lowest BCUT2D eigenvalue weighted by Gasteiger charge is -2.32. The standard InChI is InChI=1S/C27H32N6O3/c1-18(34)31-22-16-23(27(36)32(2)3)33(25(22)19-10-5-4-6-11-19)24(35)14-9-15-28-26-20-12-7-8-13-21(20)29-17-30-26/h4-8,10-13,17,22-23,25H,9,14-16H2,1-3H3,(H,31,34)(H,28,29,30)/t22-,23-,25-/m0/s1. The highest BCUT2D eigenvalue weighted by Gasteiger charge is 2.48. The van der Waals surface area contributed by atoms with Crippen LogP contribution in [0.5, 0.6) is 0 Å². The van der Waals surface area contributed by atoms with Gasteiger partial charge in [-0.05, 0) is 30.5 Å². The van der Waals surface area contributed by atoms with Gasteiger partial charge in [-0.25, -0.2) is 9.97 Å². The molecule has 2 heterocycles. The van der Waals surface area contributed by atoms with Crippen LogP contribution in [0.4, 0.5) is 5.82 Å². The molecule has 1 aliphatic rings. The summed E-state index contributed by atoms with van der Waals surface area (Å²) in [5, 5.41) is 7.21. The van der Waals surface area contributed by atoms with Crippen molar-refractivity contribution in [2.75, 3.05) is 26.0 Å². The summed E-state index contributed by atoms with van der Waals surface area (Å²) in [6.45, 7) is 2.00. The third-order valence-electron chi connectivity index (χ3n) is 6.44. The number of hydrogen-bond acceptors (Lipinski definition) is 6. The molecule has 36 heavy (non-hydrogen) atoms. The normalized spacial score (nSPS) is 19.2. The molecule has 2 aromatic carbocycles. The average molecular weight is 489 g/mol. The highest BCUT2D eigenvalue weighted by molar-refractivity contribution is 5.90. The maximum absolute atomic E-state index is 13.6. The summed E-state index contributed by atoms with van der Waals surface area (Å²) in [6.07, 6.45) is 2.70. The van der Waals surface area contributed by atoms with E-state index in [0.717, 1.165) is 22.3 Å². The zero-order valence-electron chi connectivity index (χ0n) is 20.8. The van der Waals surface area contributed by atoms with Gasteiger partial charge in [0.15, 0.2) is 0 Å². The number of nitrogens with zero attached hydrogens (tertiary/aromatic N) is 4. The summed E-state index contributed by atoms with van der Waals surface area (Å²) in [5.74, 6) is 0.268. The number of likely N-dealkylation sites (tertiary alicyclic amines) is 1. The molecule has 0 bridgehead atoms. The van der Waals surface area contributed by atoms with Crippen LogP contribution in [0, 0.1) is 0 Å². The third kappa shape index (κ3) is 5.45. The smallest absolute Gasteiger partial charge is 0.244 e. The summed E-state index contributed by atoms with van der Waals surface area (Å²) < 4.78 is 0. The van der Waals surface area contributed by atoms with E-state index in [1.165, 1.54) is 18.2 Å². The lowest BCUT2D eigenvalue weighted by atomic mass is 9.99. The highest BCUT2D eigenvalue weighted by Crippen LogP contribution is 2.38. The largest absolute Gasteiger partial charge is 0.369 e. The third-order valence-corrected chi connectivity index (χ3v) is 6.44. The molecule has 1 aromatic heterocycles. The van der Waals surface area contributed by atoms with Gasteiger partial charge in [-0.2, -0.15) is 0 Å². The second-order valence-corrected chi connectivity index (χ2v) is 9.22. The highest BCUT2D eigenvalue weighted by atomic mass is 16.2. The van der Waals surface area contributed by atoms with Gasteiger partial charge in [-0.3, -0.25) is 14.4 Å². The van der Waals surface area contributed by atoms with Crippen LogP contribution in [-0.4, -0.2) is 70.2 Å². The summed E-state index contributed by atoms with van der Waals surface area (Å²) >= 11 is 0. The topological polar surface area (TPSA) is 108 Å². The van der Waals surface area contributed by atoms with E-state index in [4.69, 9.17) is 0 Å². The van der Waals surface area contributed by atoms with Crippen molar-refractivity contribution in [2.45, 2.75) is 44.3 Å². The number of para-hydroxylation sites is 1. The molecule has 0 unspecified atom stereocenters. The SMILES string of the molecule is CC(=O)N[C@H]1C[C@@H](C(=O)N(C)C)N(C(=O)CCCNc2ncnc3ccccc23)[C@H]1c1ccccc1. The Hall–Kier alpha value is -4.01. The number of aromatic nitrogens is 2. The van der Waals surface area contributed by atoms with Crippen LogP contribution in [0.2, 0.25) is 0 Å². The Balaban J connectivity index is 1.51. The summed E-state index contributed by atoms with van der Waals surface area (Å²) in [5.41, 5.74) is 1.74. The van der Waals surface area contributed by atoms with E-state index in [2.05, 4.69) is 20.6 Å². The molecule has 1 fully saturated rings. The summed E-state index contributed by atoms with van der Waals surface area (Å²) in [6, 6.07) is 15.9. The minimum absolute atomic E-state index is 0.119. The number of nitrogens with one attached hydrogen (secondary N) is 2. The Bertz CT molecular complexity index is 1230. The predicted molar refractivity (Wildman–Crippen MR) is 138 cm³/mol. The van der Waals surface area contributed by atoms with E-state index in [1.807, 2.05) is 54.6 Å². The Kier molecular flexibility index (Phi) is 7.77. The zero-order chi connectivity index (χ0) is 25.7. The molecular weight excluding hydrogens is 456 g/mol. The number of benzene rings is 2. The molecule has 0 aliphatic carbocycles. The quantitative estimate of drug-likeness (QED) is 0.472. The lowest BCUT2D eigenvalue weighted by Crippen LogP contribution is -2.46. The van der Waals surface area contributed by atoms with E-state index in [1.54, 1.807) is 19.0 Å². The fraction of sp³-hybridized carbons (Fsp3) is 0.370. The van der Waals surface area contributed by atoms with Crippen molar-refractivity contribution in [1.29, 1.82) is 0 Å². The van der Waals surface area contributed by atoms with Gasteiger partial charge < -0.3 is 20.4 Å². The number of likely N-dealkylation sites (N-methyl/N-ethyl adjacent to an activating group) is 1. The van der Waals surface area contributed by atoms with Gasteiger partial charge >= 0.3 is 0 Å². The molecule has 1 aliphatic heterocycles. The van der Waals surface area contributed by atoms with Crippen LogP contribution < -0.4 is 10.6 Å². The maximum Gasteiger partial charge on any atom is 0.244 e. The molecule has 4 rings (SSSR count). The van der Waals surface area contributed by atoms with E-state index in [-0.39, 0.29) is 30.2 Å². The summed E-state index contributed by atoms with van der Waals surface area (Å²) in [4.78, 5) is 50.5. The van der Waals surface area contributed by atoms with Crippen LogP contribution in [0.15, 0.2) is 60.9 Å². The van der Waals surface area contributed by atoms with Gasteiger partial charge in [0.1, 0.15) is 18.2 Å². The van der Waals surface area contributed by atoms with Crippen LogP contribution >= 0.6 is 0 Å². The molecule has 0 spiro atoms. The Morgan fingerprint density at radius 1 is 1.03 bits per heavy atom. The minimum Gasteiger partial charge on any atom is -0.369 e. The number of fused-ring (bicyclic) bond motifs is 1. The van der Waals surface area contributed by atoms with Crippen molar-refractivity contribution < 1.29 is 14.4 Å². The van der Waals surface area contributed by atoms with Gasteiger partial charge in [0.2, 0.25) is 17.7 Å². The molecule has 2 N–H and O–H groups in total. The number of rotatable bonds is 8. The van der Waals surface area contributed by atoms with Gasteiger partial charge in [0.25, 0.3) is 0 Å². The number of anilines is 1. The van der Waals surface area contributed by atoms with Crippen LogP contribution in [0.25, 0.3) is 10.9 Å². The molecule has 9 heteroatoms. The summed E-state index contributed by atoms with van der Waals surface area (Å²) in [7, 11) is 3.37. The minimum atomic E-state index is -0.645. The van der Waals surface area contributed by atoms with Gasteiger partial charge in [0, 0.05) is 39.4 Å². The van der Waals surface area contributed by atoms with Crippen LogP contribution in [0.1, 0.15) is 37.8 Å². The van der Waals surface area contributed by atoms with E-state index >= 15 is 0 Å². The number of hydrogen-bond donors (Lipinski definition) is 2. The fourth-order valence-corrected chi connectivity index (χ4v) is 4.88. The number of amides is 3. The Labute approximate surface area is 210 Å². The van der Waals surface area contributed by atoms with Crippen molar-refractivity contribution in [3.8, 4) is 0 Å². The lowest BCUT2D eigenvalue weighted by molar-refractivity contribution is -0.144. The molecule has 3 amide bonds. The zero-order valence-corrected chi connectivity index (χ0v) is 20.8. The molecular formula is C27H32N6O3. The van der Waals surface area contributed by atoms with E-state index < -0.39 is 12.1 Å². The van der Waals surface area contributed by atoms with Gasteiger partial charge in [-0.1, -0.05) is 42.5 Å². The first-order valence-corrected chi connectivity index (χ1v) is 12.1. The van der Waals surface area contributed by atoms with Gasteiger partial charge in [0.05, 0.1) is 17.6 Å². The second kappa shape index (κ2) is 11.2. The fourth-order valence-electron chi connectivity index (χ4n) is 4.88. The Morgan fingerprint density at radius 2 is 1.75 bits per heavy atom. The predicted octanol–water partition coefficient (Wildman–Crippen LogP) is 2.76.